The van der Waals surface area contributed by atoms with Crippen LogP contribution in [0.3, 0.4) is 0 Å². The van der Waals surface area contributed by atoms with Crippen LogP contribution in [0, 0.1) is 28.6 Å². The summed E-state index contributed by atoms with van der Waals surface area (Å²) in [5.41, 5.74) is 0.117. The number of aromatic nitrogens is 1. The Kier molecular flexibility index (Phi) is 6.48. The molecule has 40 heavy (non-hydrogen) atoms. The SMILES string of the molecule is CCC[C@@H]1O[C@@H]2CC3C4CCC5=CC(=O)C=CC5(C)C4[C@@H](O)CC3(C)[C@]2(C(=O)CSc2nc3ccccc3s2)O1. The summed E-state index contributed by atoms with van der Waals surface area (Å²) in [6.45, 7) is 6.47. The number of aliphatic hydroxyl groups is 1. The Morgan fingerprint density at radius 1 is 1.27 bits per heavy atom. The maximum absolute atomic E-state index is 14.5. The third kappa shape index (κ3) is 3.75. The van der Waals surface area contributed by atoms with Gasteiger partial charge in [-0.15, -0.1) is 11.3 Å². The highest BCUT2D eigenvalue weighted by Gasteiger charge is 2.75. The number of fused-ring (bicyclic) bond motifs is 8. The summed E-state index contributed by atoms with van der Waals surface area (Å²) in [5, 5.41) is 11.9. The molecule has 1 aliphatic heterocycles. The van der Waals surface area contributed by atoms with Crippen LogP contribution in [-0.4, -0.2) is 51.5 Å². The molecule has 3 saturated carbocycles. The Hall–Kier alpha value is -1.84. The minimum absolute atomic E-state index is 0.00413. The lowest BCUT2D eigenvalue weighted by molar-refractivity contribution is -0.197. The van der Waals surface area contributed by atoms with Gasteiger partial charge in [-0.25, -0.2) is 4.98 Å². The van der Waals surface area contributed by atoms with Gasteiger partial charge in [-0.3, -0.25) is 9.59 Å². The van der Waals surface area contributed by atoms with Gasteiger partial charge in [-0.2, -0.15) is 0 Å². The molecule has 4 fully saturated rings. The summed E-state index contributed by atoms with van der Waals surface area (Å²) in [4.78, 5) is 31.4. The topological polar surface area (TPSA) is 85.7 Å². The van der Waals surface area contributed by atoms with Gasteiger partial charge in [0.25, 0.3) is 0 Å². The van der Waals surface area contributed by atoms with Crippen molar-refractivity contribution in [1.82, 2.24) is 4.98 Å². The van der Waals surface area contributed by atoms with E-state index in [1.807, 2.05) is 24.3 Å². The molecule has 9 atom stereocenters. The van der Waals surface area contributed by atoms with Crippen LogP contribution in [0.1, 0.15) is 59.3 Å². The zero-order valence-corrected chi connectivity index (χ0v) is 24.9. The Balaban J connectivity index is 1.22. The number of ketones is 2. The fraction of sp³-hybridized carbons (Fsp3) is 0.594. The molecule has 0 spiro atoms. The molecule has 0 bridgehead atoms. The number of ether oxygens (including phenoxy) is 2. The first-order valence-electron chi connectivity index (χ1n) is 14.7. The van der Waals surface area contributed by atoms with Gasteiger partial charge in [-0.1, -0.05) is 62.7 Å². The van der Waals surface area contributed by atoms with Gasteiger partial charge in [0.1, 0.15) is 0 Å². The highest BCUT2D eigenvalue weighted by atomic mass is 32.2. The number of allylic oxidation sites excluding steroid dienone is 4. The number of thiazole rings is 1. The van der Waals surface area contributed by atoms with E-state index in [2.05, 4.69) is 26.8 Å². The average molecular weight is 580 g/mol. The predicted molar refractivity (Wildman–Crippen MR) is 156 cm³/mol. The van der Waals surface area contributed by atoms with Crippen molar-refractivity contribution in [2.45, 2.75) is 87.7 Å². The van der Waals surface area contributed by atoms with Gasteiger partial charge in [-0.05, 0) is 68.2 Å². The van der Waals surface area contributed by atoms with Crippen molar-refractivity contribution in [2.75, 3.05) is 5.75 Å². The molecule has 2 heterocycles. The van der Waals surface area contributed by atoms with Crippen LogP contribution in [0.2, 0.25) is 0 Å². The normalized spacial score (nSPS) is 41.8. The van der Waals surface area contributed by atoms with Crippen LogP contribution >= 0.6 is 23.1 Å². The summed E-state index contributed by atoms with van der Waals surface area (Å²) in [5.74, 6) is 0.772. The number of aliphatic hydroxyl groups excluding tert-OH is 1. The van der Waals surface area contributed by atoms with Crippen LogP contribution in [0.4, 0.5) is 0 Å². The number of carbonyl (C=O) groups is 2. The zero-order valence-electron chi connectivity index (χ0n) is 23.3. The fourth-order valence-electron chi connectivity index (χ4n) is 9.15. The first-order chi connectivity index (χ1) is 19.2. The Labute approximate surface area is 243 Å². The third-order valence-electron chi connectivity index (χ3n) is 10.8. The summed E-state index contributed by atoms with van der Waals surface area (Å²) < 4.78 is 15.3. The molecule has 1 N–H and O–H groups in total. The van der Waals surface area contributed by atoms with Gasteiger partial charge in [0.15, 0.2) is 27.8 Å². The van der Waals surface area contributed by atoms with Crippen LogP contribution in [0.15, 0.2) is 52.4 Å². The highest BCUT2D eigenvalue weighted by Crippen LogP contribution is 2.69. The molecule has 5 aliphatic rings. The van der Waals surface area contributed by atoms with Gasteiger partial charge in [0.05, 0.1) is 28.2 Å². The van der Waals surface area contributed by atoms with Gasteiger partial charge in [0.2, 0.25) is 0 Å². The van der Waals surface area contributed by atoms with E-state index in [-0.39, 0.29) is 46.6 Å². The molecule has 5 unspecified atom stereocenters. The lowest BCUT2D eigenvalue weighted by Crippen LogP contribution is -2.63. The molecular formula is C32H37NO5S2. The van der Waals surface area contributed by atoms with E-state index in [4.69, 9.17) is 14.5 Å². The standard InChI is InChI=1S/C32H37NO5S2/c1-4-7-27-37-26-15-21-20-11-10-18-14-19(34)12-13-30(18,2)28(20)23(35)16-31(21,3)32(26,38-27)25(36)17-39-29-33-22-8-5-6-9-24(22)40-29/h5-6,8-9,12-14,20-21,23,26-28,35H,4,7,10-11,15-17H2,1-3H3/t20?,21?,23-,26+,27+,28?,30?,31?,32+/m0/s1. The van der Waals surface area contributed by atoms with E-state index in [1.165, 1.54) is 11.8 Å². The minimum atomic E-state index is -1.08. The van der Waals surface area contributed by atoms with Crippen molar-refractivity contribution < 1.29 is 24.2 Å². The molecule has 1 aromatic heterocycles. The van der Waals surface area contributed by atoms with Crippen molar-refractivity contribution in [1.29, 1.82) is 0 Å². The summed E-state index contributed by atoms with van der Waals surface area (Å²) >= 11 is 3.10. The predicted octanol–water partition coefficient (Wildman–Crippen LogP) is 6.13. The third-order valence-corrected chi connectivity index (χ3v) is 13.0. The molecule has 0 radical (unpaired) electrons. The van der Waals surface area contributed by atoms with E-state index < -0.39 is 23.4 Å². The number of thioether (sulfide) groups is 1. The van der Waals surface area contributed by atoms with E-state index in [9.17, 15) is 14.7 Å². The largest absolute Gasteiger partial charge is 0.393 e. The van der Waals surface area contributed by atoms with E-state index in [0.29, 0.717) is 6.42 Å². The molecule has 4 aliphatic carbocycles. The molecule has 212 valence electrons. The number of para-hydroxylation sites is 1. The number of carbonyl (C=O) groups excluding carboxylic acids is 2. The van der Waals surface area contributed by atoms with Crippen LogP contribution in [-0.2, 0) is 19.1 Å². The average Bonchev–Trinajstić information content (AvgIpc) is 3.57. The van der Waals surface area contributed by atoms with Crippen molar-refractivity contribution in [3.63, 3.8) is 0 Å². The number of Topliss-reactive ketones (excluding diaryl/α,β-unsaturated/α-hetero) is 1. The van der Waals surface area contributed by atoms with Crippen molar-refractivity contribution >= 4 is 44.9 Å². The molecule has 1 saturated heterocycles. The summed E-state index contributed by atoms with van der Waals surface area (Å²) in [6, 6.07) is 8.05. The molecule has 2 aromatic rings. The van der Waals surface area contributed by atoms with Crippen molar-refractivity contribution in [2.24, 2.45) is 28.6 Å². The number of hydrogen-bond donors (Lipinski definition) is 1. The fourth-order valence-corrected chi connectivity index (χ4v) is 11.2. The smallest absolute Gasteiger partial charge is 0.178 e. The Morgan fingerprint density at radius 2 is 2.10 bits per heavy atom. The van der Waals surface area contributed by atoms with Crippen molar-refractivity contribution in [3.05, 3.63) is 48.1 Å². The van der Waals surface area contributed by atoms with Crippen LogP contribution < -0.4 is 0 Å². The second-order valence-electron chi connectivity index (χ2n) is 12.8. The molecule has 8 heteroatoms. The first-order valence-corrected chi connectivity index (χ1v) is 16.5. The number of nitrogens with zero attached hydrogens (tertiary/aromatic N) is 1. The molecule has 6 nitrogen and oxygen atoms in total. The number of benzene rings is 1. The van der Waals surface area contributed by atoms with Gasteiger partial charge in [0, 0.05) is 16.7 Å². The van der Waals surface area contributed by atoms with Gasteiger partial charge < -0.3 is 14.6 Å². The molecular weight excluding hydrogens is 542 g/mol. The lowest BCUT2D eigenvalue weighted by atomic mass is 9.46. The van der Waals surface area contributed by atoms with Crippen LogP contribution in [0.5, 0.6) is 0 Å². The monoisotopic (exact) mass is 579 g/mol. The second kappa shape index (κ2) is 9.60. The lowest BCUT2D eigenvalue weighted by Gasteiger charge is -2.59. The molecule has 7 rings (SSSR count). The van der Waals surface area contributed by atoms with Crippen molar-refractivity contribution in [3.8, 4) is 0 Å². The molecule has 0 amide bonds. The maximum Gasteiger partial charge on any atom is 0.178 e. The number of rotatable bonds is 6. The quantitative estimate of drug-likeness (QED) is 0.412. The number of hydrogen-bond acceptors (Lipinski definition) is 8. The summed E-state index contributed by atoms with van der Waals surface area (Å²) in [7, 11) is 0. The summed E-state index contributed by atoms with van der Waals surface area (Å²) in [6.07, 6.45) is 8.81. The second-order valence-corrected chi connectivity index (χ2v) is 15.1. The van der Waals surface area contributed by atoms with Gasteiger partial charge >= 0.3 is 0 Å². The maximum atomic E-state index is 14.5. The van der Waals surface area contributed by atoms with Crippen LogP contribution in [0.25, 0.3) is 10.2 Å². The van der Waals surface area contributed by atoms with E-state index in [1.54, 1.807) is 23.5 Å². The zero-order chi connectivity index (χ0) is 27.9. The Bertz CT molecular complexity index is 1400. The highest BCUT2D eigenvalue weighted by molar-refractivity contribution is 8.01. The first kappa shape index (κ1) is 27.0. The van der Waals surface area contributed by atoms with E-state index in [0.717, 1.165) is 52.2 Å². The Morgan fingerprint density at radius 3 is 2.90 bits per heavy atom. The minimum Gasteiger partial charge on any atom is -0.393 e. The van der Waals surface area contributed by atoms with E-state index >= 15 is 0 Å². The molecule has 1 aromatic carbocycles.